The molecule has 0 radical (unpaired) electrons. The van der Waals surface area contributed by atoms with Crippen molar-refractivity contribution in [2.75, 3.05) is 0 Å². The number of pyridine rings is 1. The van der Waals surface area contributed by atoms with Crippen molar-refractivity contribution in [3.63, 3.8) is 0 Å². The second-order valence-electron chi connectivity index (χ2n) is 7.79. The molecule has 4 fully saturated rings. The molecule has 108 valence electrons. The summed E-state index contributed by atoms with van der Waals surface area (Å²) in [6.45, 7) is 2.19. The lowest BCUT2D eigenvalue weighted by molar-refractivity contribution is -0.126. The number of aliphatic hydroxyl groups is 1. The molecule has 0 saturated heterocycles. The molecule has 0 aliphatic heterocycles. The molecule has 2 nitrogen and oxygen atoms in total. The van der Waals surface area contributed by atoms with Gasteiger partial charge in [-0.1, -0.05) is 6.92 Å². The van der Waals surface area contributed by atoms with Crippen LogP contribution in [-0.4, -0.2) is 16.2 Å². The van der Waals surface area contributed by atoms with Gasteiger partial charge in [-0.3, -0.25) is 4.98 Å². The summed E-state index contributed by atoms with van der Waals surface area (Å²) in [6.07, 6.45) is 11.6. The fourth-order valence-electron chi connectivity index (χ4n) is 5.92. The van der Waals surface area contributed by atoms with Gasteiger partial charge in [0.2, 0.25) is 0 Å². The Kier molecular flexibility index (Phi) is 2.92. The van der Waals surface area contributed by atoms with E-state index in [1.807, 2.05) is 12.4 Å². The molecule has 20 heavy (non-hydrogen) atoms. The van der Waals surface area contributed by atoms with Gasteiger partial charge in [0, 0.05) is 18.3 Å². The zero-order valence-corrected chi connectivity index (χ0v) is 12.3. The van der Waals surface area contributed by atoms with Crippen molar-refractivity contribution in [3.8, 4) is 0 Å². The Hall–Kier alpha value is -0.890. The summed E-state index contributed by atoms with van der Waals surface area (Å²) in [5.74, 6) is 2.94. The fraction of sp³-hybridized carbons (Fsp3) is 0.722. The van der Waals surface area contributed by atoms with E-state index in [1.165, 1.54) is 44.1 Å². The molecule has 2 unspecified atom stereocenters. The Bertz CT molecular complexity index is 448. The number of rotatable bonds is 3. The van der Waals surface area contributed by atoms with Crippen LogP contribution in [0, 0.1) is 23.2 Å². The third-order valence-electron chi connectivity index (χ3n) is 6.42. The first-order valence-corrected chi connectivity index (χ1v) is 8.24. The fourth-order valence-corrected chi connectivity index (χ4v) is 5.92. The van der Waals surface area contributed by atoms with Gasteiger partial charge in [-0.15, -0.1) is 0 Å². The van der Waals surface area contributed by atoms with Gasteiger partial charge < -0.3 is 5.11 Å². The van der Waals surface area contributed by atoms with E-state index in [-0.39, 0.29) is 17.4 Å². The van der Waals surface area contributed by atoms with E-state index in [1.54, 1.807) is 0 Å². The monoisotopic (exact) mass is 271 g/mol. The first kappa shape index (κ1) is 12.8. The van der Waals surface area contributed by atoms with Crippen LogP contribution in [0.15, 0.2) is 24.5 Å². The van der Waals surface area contributed by atoms with Crippen molar-refractivity contribution >= 4 is 0 Å². The summed E-state index contributed by atoms with van der Waals surface area (Å²) in [5.41, 5.74) is 1.46. The van der Waals surface area contributed by atoms with Crippen LogP contribution in [0.2, 0.25) is 0 Å². The lowest BCUT2D eigenvalue weighted by Gasteiger charge is -2.59. The second-order valence-corrected chi connectivity index (χ2v) is 7.79. The maximum absolute atomic E-state index is 11.1. The molecular weight excluding hydrogens is 246 g/mol. The smallest absolute Gasteiger partial charge is 0.0662 e. The molecule has 4 aliphatic rings. The van der Waals surface area contributed by atoms with Gasteiger partial charge in [-0.2, -0.15) is 0 Å². The van der Waals surface area contributed by atoms with Crippen LogP contribution in [-0.2, 0) is 0 Å². The molecule has 2 heteroatoms. The Morgan fingerprint density at radius 2 is 1.55 bits per heavy atom. The van der Waals surface area contributed by atoms with Crippen molar-refractivity contribution in [1.29, 1.82) is 0 Å². The molecule has 1 N–H and O–H groups in total. The molecule has 1 heterocycles. The average Bonchev–Trinajstić information content (AvgIpc) is 2.45. The number of nitrogens with zero attached hydrogens (tertiary/aromatic N) is 1. The number of aliphatic hydroxyl groups excluding tert-OH is 1. The molecule has 1 aromatic heterocycles. The average molecular weight is 271 g/mol. The van der Waals surface area contributed by atoms with Gasteiger partial charge in [-0.25, -0.2) is 0 Å². The third kappa shape index (κ3) is 1.92. The minimum absolute atomic E-state index is 0.182. The van der Waals surface area contributed by atoms with E-state index in [4.69, 9.17) is 0 Å². The summed E-state index contributed by atoms with van der Waals surface area (Å²) >= 11 is 0. The topological polar surface area (TPSA) is 33.1 Å². The molecule has 2 atom stereocenters. The molecule has 4 saturated carbocycles. The maximum atomic E-state index is 11.1. The van der Waals surface area contributed by atoms with Gasteiger partial charge in [-0.05, 0) is 79.4 Å². The van der Waals surface area contributed by atoms with Gasteiger partial charge in [0.25, 0.3) is 0 Å². The van der Waals surface area contributed by atoms with Crippen molar-refractivity contribution in [2.45, 2.75) is 57.5 Å². The number of aromatic nitrogens is 1. The van der Waals surface area contributed by atoms with Gasteiger partial charge >= 0.3 is 0 Å². The summed E-state index contributed by atoms with van der Waals surface area (Å²) in [5, 5.41) is 11.1. The maximum Gasteiger partial charge on any atom is 0.0662 e. The first-order chi connectivity index (χ1) is 9.66. The van der Waals surface area contributed by atoms with E-state index >= 15 is 0 Å². The predicted molar refractivity (Wildman–Crippen MR) is 79.3 cm³/mol. The quantitative estimate of drug-likeness (QED) is 0.908. The Labute approximate surface area is 121 Å². The van der Waals surface area contributed by atoms with E-state index in [9.17, 15) is 5.11 Å². The van der Waals surface area contributed by atoms with Crippen molar-refractivity contribution in [3.05, 3.63) is 30.1 Å². The zero-order chi connectivity index (χ0) is 13.7. The molecule has 4 aliphatic carbocycles. The SMILES string of the molecule is CC(c1ccncc1)C(O)C12CC3CC(CC(C3)C1)C2. The highest BCUT2D eigenvalue weighted by Crippen LogP contribution is 2.62. The number of hydrogen-bond donors (Lipinski definition) is 1. The van der Waals surface area contributed by atoms with Crippen molar-refractivity contribution in [1.82, 2.24) is 4.98 Å². The van der Waals surface area contributed by atoms with Gasteiger partial charge in [0.05, 0.1) is 6.10 Å². The van der Waals surface area contributed by atoms with Crippen molar-refractivity contribution in [2.24, 2.45) is 23.2 Å². The lowest BCUT2D eigenvalue weighted by atomic mass is 9.47. The Balaban J connectivity index is 1.60. The lowest BCUT2D eigenvalue weighted by Crippen LogP contribution is -2.52. The van der Waals surface area contributed by atoms with Crippen LogP contribution in [0.4, 0.5) is 0 Å². The van der Waals surface area contributed by atoms with Crippen LogP contribution in [0.3, 0.4) is 0 Å². The van der Waals surface area contributed by atoms with E-state index in [0.717, 1.165) is 17.8 Å². The van der Waals surface area contributed by atoms with Crippen LogP contribution >= 0.6 is 0 Å². The van der Waals surface area contributed by atoms with Gasteiger partial charge in [0.1, 0.15) is 0 Å². The first-order valence-electron chi connectivity index (χ1n) is 8.24. The van der Waals surface area contributed by atoms with Crippen LogP contribution in [0.25, 0.3) is 0 Å². The van der Waals surface area contributed by atoms with Crippen molar-refractivity contribution < 1.29 is 5.11 Å². The minimum Gasteiger partial charge on any atom is -0.392 e. The molecule has 4 bridgehead atoms. The highest BCUT2D eigenvalue weighted by molar-refractivity contribution is 5.19. The molecule has 0 spiro atoms. The van der Waals surface area contributed by atoms with Crippen LogP contribution in [0.1, 0.15) is 56.9 Å². The molecule has 0 amide bonds. The normalized spacial score (nSPS) is 41.6. The zero-order valence-electron chi connectivity index (χ0n) is 12.3. The van der Waals surface area contributed by atoms with Gasteiger partial charge in [0.15, 0.2) is 0 Å². The van der Waals surface area contributed by atoms with E-state index < -0.39 is 0 Å². The molecule has 0 aromatic carbocycles. The molecule has 1 aromatic rings. The standard InChI is InChI=1S/C18H25NO/c1-12(16-2-4-19-5-3-16)17(20)18-9-13-6-14(10-18)8-15(7-13)11-18/h2-5,12-15,17,20H,6-11H2,1H3. The summed E-state index contributed by atoms with van der Waals surface area (Å²) < 4.78 is 0. The Morgan fingerprint density at radius 3 is 2.05 bits per heavy atom. The van der Waals surface area contributed by atoms with E-state index in [0.29, 0.717) is 0 Å². The molecule has 5 rings (SSSR count). The predicted octanol–water partition coefficient (Wildman–Crippen LogP) is 3.76. The molecular formula is C18H25NO. The van der Waals surface area contributed by atoms with E-state index in [2.05, 4.69) is 24.0 Å². The third-order valence-corrected chi connectivity index (χ3v) is 6.42. The largest absolute Gasteiger partial charge is 0.392 e. The highest BCUT2D eigenvalue weighted by Gasteiger charge is 2.54. The highest BCUT2D eigenvalue weighted by atomic mass is 16.3. The summed E-state index contributed by atoms with van der Waals surface area (Å²) in [4.78, 5) is 4.10. The second kappa shape index (κ2) is 4.56. The van der Waals surface area contributed by atoms with Crippen LogP contribution < -0.4 is 0 Å². The Morgan fingerprint density at radius 1 is 1.05 bits per heavy atom. The summed E-state index contributed by atoms with van der Waals surface area (Å²) in [7, 11) is 0. The minimum atomic E-state index is -0.182. The summed E-state index contributed by atoms with van der Waals surface area (Å²) in [6, 6.07) is 4.13. The van der Waals surface area contributed by atoms with Crippen LogP contribution in [0.5, 0.6) is 0 Å². The number of hydrogen-bond acceptors (Lipinski definition) is 2.